The molecule has 4 heteroatoms. The lowest BCUT2D eigenvalue weighted by atomic mass is 9.99. The van der Waals surface area contributed by atoms with Crippen LogP contribution in [0.5, 0.6) is 0 Å². The highest BCUT2D eigenvalue weighted by Gasteiger charge is 2.11. The van der Waals surface area contributed by atoms with Crippen LogP contribution in [0.15, 0.2) is 18.2 Å². The van der Waals surface area contributed by atoms with Gasteiger partial charge in [-0.25, -0.2) is 4.39 Å². The third kappa shape index (κ3) is 7.55. The van der Waals surface area contributed by atoms with Gasteiger partial charge in [0.1, 0.15) is 5.82 Å². The number of ether oxygens (including phenoxy) is 2. The van der Waals surface area contributed by atoms with Crippen LogP contribution < -0.4 is 5.32 Å². The van der Waals surface area contributed by atoms with Crippen molar-refractivity contribution in [2.24, 2.45) is 0 Å². The van der Waals surface area contributed by atoms with E-state index in [0.29, 0.717) is 25.9 Å². The topological polar surface area (TPSA) is 30.5 Å². The average Bonchev–Trinajstić information content (AvgIpc) is 2.46. The predicted octanol–water partition coefficient (Wildman–Crippen LogP) is 3.10. The van der Waals surface area contributed by atoms with Gasteiger partial charge in [-0.2, -0.15) is 0 Å². The van der Waals surface area contributed by atoms with Crippen LogP contribution in [-0.2, 0) is 15.9 Å². The van der Waals surface area contributed by atoms with E-state index in [4.69, 9.17) is 9.47 Å². The lowest BCUT2D eigenvalue weighted by molar-refractivity contribution is 0.0658. The van der Waals surface area contributed by atoms with Gasteiger partial charge in [-0.1, -0.05) is 13.0 Å². The first kappa shape index (κ1) is 18.1. The zero-order valence-electron chi connectivity index (χ0n) is 13.5. The maximum atomic E-state index is 13.2. The second-order valence-corrected chi connectivity index (χ2v) is 5.32. The van der Waals surface area contributed by atoms with Gasteiger partial charge in [0.2, 0.25) is 0 Å². The van der Waals surface area contributed by atoms with E-state index in [2.05, 4.69) is 12.2 Å². The molecule has 0 saturated heterocycles. The lowest BCUT2D eigenvalue weighted by Crippen LogP contribution is -2.33. The van der Waals surface area contributed by atoms with E-state index in [1.165, 1.54) is 11.6 Å². The van der Waals surface area contributed by atoms with Crippen LogP contribution in [0.25, 0.3) is 0 Å². The molecular weight excluding hydrogens is 269 g/mol. The molecule has 1 unspecified atom stereocenters. The molecule has 21 heavy (non-hydrogen) atoms. The second-order valence-electron chi connectivity index (χ2n) is 5.32. The monoisotopic (exact) mass is 297 g/mol. The normalized spacial score (nSPS) is 12.6. The summed E-state index contributed by atoms with van der Waals surface area (Å²) in [5.74, 6) is -0.169. The zero-order chi connectivity index (χ0) is 15.5. The third-order valence-corrected chi connectivity index (χ3v) is 3.50. The molecule has 0 aliphatic rings. The Labute approximate surface area is 127 Å². The van der Waals surface area contributed by atoms with Crippen molar-refractivity contribution < 1.29 is 13.9 Å². The average molecular weight is 297 g/mol. The minimum atomic E-state index is -0.169. The van der Waals surface area contributed by atoms with Gasteiger partial charge in [-0.05, 0) is 56.0 Å². The first-order valence-corrected chi connectivity index (χ1v) is 7.72. The highest BCUT2D eigenvalue weighted by atomic mass is 19.1. The Morgan fingerprint density at radius 3 is 2.71 bits per heavy atom. The molecule has 0 aromatic heterocycles. The van der Waals surface area contributed by atoms with Gasteiger partial charge in [0.05, 0.1) is 13.2 Å². The van der Waals surface area contributed by atoms with Gasteiger partial charge in [-0.15, -0.1) is 0 Å². The molecule has 0 fully saturated rings. The van der Waals surface area contributed by atoms with Crippen molar-refractivity contribution in [3.8, 4) is 0 Å². The smallest absolute Gasteiger partial charge is 0.123 e. The fourth-order valence-corrected chi connectivity index (χ4v) is 2.25. The largest absolute Gasteiger partial charge is 0.382 e. The van der Waals surface area contributed by atoms with Crippen LogP contribution in [-0.4, -0.2) is 39.5 Å². The summed E-state index contributed by atoms with van der Waals surface area (Å²) in [5.41, 5.74) is 2.21. The van der Waals surface area contributed by atoms with Gasteiger partial charge >= 0.3 is 0 Å². The highest BCUT2D eigenvalue weighted by molar-refractivity contribution is 5.27. The van der Waals surface area contributed by atoms with E-state index in [9.17, 15) is 4.39 Å². The first-order valence-electron chi connectivity index (χ1n) is 7.72. The highest BCUT2D eigenvalue weighted by Crippen LogP contribution is 2.13. The van der Waals surface area contributed by atoms with E-state index < -0.39 is 0 Å². The molecule has 0 saturated carbocycles. The Bertz CT molecular complexity index is 398. The summed E-state index contributed by atoms with van der Waals surface area (Å²) in [6, 6.07) is 5.38. The molecule has 0 aliphatic heterocycles. The van der Waals surface area contributed by atoms with E-state index in [0.717, 1.165) is 31.4 Å². The first-order chi connectivity index (χ1) is 10.2. The van der Waals surface area contributed by atoms with Crippen molar-refractivity contribution in [3.63, 3.8) is 0 Å². The fourth-order valence-electron chi connectivity index (χ4n) is 2.25. The Morgan fingerprint density at radius 1 is 1.24 bits per heavy atom. The summed E-state index contributed by atoms with van der Waals surface area (Å²) >= 11 is 0. The number of hydrogen-bond donors (Lipinski definition) is 1. The molecule has 0 spiro atoms. The summed E-state index contributed by atoms with van der Waals surface area (Å²) in [6.45, 7) is 7.08. The minimum absolute atomic E-state index is 0.169. The van der Waals surface area contributed by atoms with Crippen molar-refractivity contribution >= 4 is 0 Å². The molecule has 0 amide bonds. The van der Waals surface area contributed by atoms with Crippen LogP contribution >= 0.6 is 0 Å². The zero-order valence-corrected chi connectivity index (χ0v) is 13.5. The quantitative estimate of drug-likeness (QED) is 0.637. The Morgan fingerprint density at radius 2 is 2.05 bits per heavy atom. The third-order valence-electron chi connectivity index (χ3n) is 3.50. The van der Waals surface area contributed by atoms with Crippen LogP contribution in [0, 0.1) is 12.7 Å². The van der Waals surface area contributed by atoms with E-state index in [1.807, 2.05) is 13.0 Å². The molecule has 1 atom stereocenters. The van der Waals surface area contributed by atoms with Crippen molar-refractivity contribution in [2.75, 3.05) is 33.5 Å². The van der Waals surface area contributed by atoms with E-state index >= 15 is 0 Å². The number of halogens is 1. The van der Waals surface area contributed by atoms with Crippen LogP contribution in [0.2, 0.25) is 0 Å². The summed E-state index contributed by atoms with van der Waals surface area (Å²) in [4.78, 5) is 0. The molecule has 1 N–H and O–H groups in total. The summed E-state index contributed by atoms with van der Waals surface area (Å²) in [6.07, 6.45) is 2.95. The van der Waals surface area contributed by atoms with Crippen LogP contribution in [0.1, 0.15) is 30.9 Å². The van der Waals surface area contributed by atoms with Crippen molar-refractivity contribution in [2.45, 2.75) is 39.2 Å². The Kier molecular flexibility index (Phi) is 9.22. The number of benzene rings is 1. The summed E-state index contributed by atoms with van der Waals surface area (Å²) in [5, 5.41) is 3.55. The fraction of sp³-hybridized carbons (Fsp3) is 0.647. The van der Waals surface area contributed by atoms with Gasteiger partial charge in [0.25, 0.3) is 0 Å². The van der Waals surface area contributed by atoms with Crippen molar-refractivity contribution in [1.82, 2.24) is 5.32 Å². The molecule has 3 nitrogen and oxygen atoms in total. The van der Waals surface area contributed by atoms with Crippen molar-refractivity contribution in [3.05, 3.63) is 35.1 Å². The number of rotatable bonds is 11. The molecule has 1 aromatic carbocycles. The van der Waals surface area contributed by atoms with Crippen LogP contribution in [0.3, 0.4) is 0 Å². The maximum absolute atomic E-state index is 13.2. The number of nitrogens with one attached hydrogen (secondary N) is 1. The number of hydrogen-bond acceptors (Lipinski definition) is 3. The maximum Gasteiger partial charge on any atom is 0.123 e. The molecule has 0 heterocycles. The minimum Gasteiger partial charge on any atom is -0.382 e. The van der Waals surface area contributed by atoms with Gasteiger partial charge in [0, 0.05) is 19.8 Å². The van der Waals surface area contributed by atoms with E-state index in [1.54, 1.807) is 13.2 Å². The summed E-state index contributed by atoms with van der Waals surface area (Å²) in [7, 11) is 1.67. The molecule has 0 radical (unpaired) electrons. The standard InChI is InChI=1S/C17H28FNO2/c1-4-8-19-17(7-9-21-11-10-20-3)13-15-5-6-16(18)12-14(15)2/h5-6,12,17,19H,4,7-11,13H2,1-3H3. The SMILES string of the molecule is CCCNC(CCOCCOC)Cc1ccc(F)cc1C. The number of methoxy groups -OCH3 is 1. The molecule has 0 aliphatic carbocycles. The molecule has 1 aromatic rings. The number of aryl methyl sites for hydroxylation is 1. The Balaban J connectivity index is 2.48. The van der Waals surface area contributed by atoms with Gasteiger partial charge < -0.3 is 14.8 Å². The van der Waals surface area contributed by atoms with Gasteiger partial charge in [0.15, 0.2) is 0 Å². The van der Waals surface area contributed by atoms with Gasteiger partial charge in [-0.3, -0.25) is 0 Å². The van der Waals surface area contributed by atoms with Crippen LogP contribution in [0.4, 0.5) is 4.39 Å². The lowest BCUT2D eigenvalue weighted by Gasteiger charge is -2.20. The molecule has 120 valence electrons. The molecule has 1 rings (SSSR count). The molecule has 0 bridgehead atoms. The summed E-state index contributed by atoms with van der Waals surface area (Å²) < 4.78 is 23.7. The van der Waals surface area contributed by atoms with Crippen molar-refractivity contribution in [1.29, 1.82) is 0 Å². The predicted molar refractivity (Wildman–Crippen MR) is 84.2 cm³/mol. The molecular formula is C17H28FNO2. The van der Waals surface area contributed by atoms with E-state index in [-0.39, 0.29) is 5.82 Å². The Hall–Kier alpha value is -0.970. The second kappa shape index (κ2) is 10.7.